The minimum atomic E-state index is -0.466. The molecule has 18 heavy (non-hydrogen) atoms. The highest BCUT2D eigenvalue weighted by Gasteiger charge is 2.15. The summed E-state index contributed by atoms with van der Waals surface area (Å²) in [7, 11) is 1.41. The number of rotatable bonds is 7. The lowest BCUT2D eigenvalue weighted by Crippen LogP contribution is -2.21. The highest BCUT2D eigenvalue weighted by molar-refractivity contribution is 5.58. The highest BCUT2D eigenvalue weighted by Crippen LogP contribution is 2.29. The first kappa shape index (κ1) is 14.2. The zero-order valence-corrected chi connectivity index (χ0v) is 10.8. The molecule has 6 nitrogen and oxygen atoms in total. The van der Waals surface area contributed by atoms with E-state index < -0.39 is 4.92 Å². The third-order valence-corrected chi connectivity index (χ3v) is 2.36. The Bertz CT molecular complexity index is 409. The second-order valence-corrected chi connectivity index (χ2v) is 3.85. The Labute approximate surface area is 106 Å². The van der Waals surface area contributed by atoms with Crippen LogP contribution in [0.4, 0.5) is 11.4 Å². The molecule has 1 N–H and O–H groups in total. The summed E-state index contributed by atoms with van der Waals surface area (Å²) in [5, 5.41) is 13.9. The Morgan fingerprint density at radius 2 is 2.22 bits per heavy atom. The lowest BCUT2D eigenvalue weighted by molar-refractivity contribution is -0.385. The molecule has 0 aliphatic heterocycles. The predicted molar refractivity (Wildman–Crippen MR) is 69.2 cm³/mol. The van der Waals surface area contributed by atoms with Gasteiger partial charge in [0.15, 0.2) is 5.75 Å². The van der Waals surface area contributed by atoms with Gasteiger partial charge in [-0.25, -0.2) is 0 Å². The van der Waals surface area contributed by atoms with Crippen LogP contribution in [0.25, 0.3) is 0 Å². The summed E-state index contributed by atoms with van der Waals surface area (Å²) in [6, 6.07) is 4.81. The summed E-state index contributed by atoms with van der Waals surface area (Å²) in [6.07, 6.45) is 0. The van der Waals surface area contributed by atoms with Gasteiger partial charge in [-0.2, -0.15) is 0 Å². The van der Waals surface area contributed by atoms with Crippen molar-refractivity contribution < 1.29 is 14.4 Å². The molecular formula is C12H18N2O4. The van der Waals surface area contributed by atoms with E-state index in [9.17, 15) is 10.1 Å². The molecule has 1 unspecified atom stereocenters. The Balaban J connectivity index is 2.76. The lowest BCUT2D eigenvalue weighted by Gasteiger charge is -2.15. The number of nitro groups is 1. The zero-order chi connectivity index (χ0) is 13.5. The van der Waals surface area contributed by atoms with E-state index in [2.05, 4.69) is 5.32 Å². The van der Waals surface area contributed by atoms with E-state index in [1.54, 1.807) is 12.1 Å². The van der Waals surface area contributed by atoms with Gasteiger partial charge < -0.3 is 14.8 Å². The van der Waals surface area contributed by atoms with E-state index in [4.69, 9.17) is 9.47 Å². The van der Waals surface area contributed by atoms with Crippen molar-refractivity contribution >= 4 is 11.4 Å². The molecule has 0 aromatic heterocycles. The van der Waals surface area contributed by atoms with Crippen LogP contribution < -0.4 is 10.1 Å². The second-order valence-electron chi connectivity index (χ2n) is 3.85. The number of nitro benzene ring substituents is 1. The van der Waals surface area contributed by atoms with Gasteiger partial charge in [0.05, 0.1) is 18.6 Å². The largest absolute Gasteiger partial charge is 0.490 e. The van der Waals surface area contributed by atoms with Crippen molar-refractivity contribution in [2.75, 3.05) is 25.6 Å². The van der Waals surface area contributed by atoms with Crippen LogP contribution in [0, 0.1) is 10.1 Å². The van der Waals surface area contributed by atoms with Crippen LogP contribution in [0.5, 0.6) is 5.75 Å². The summed E-state index contributed by atoms with van der Waals surface area (Å²) in [6.45, 7) is 5.15. The number of anilines is 1. The molecule has 100 valence electrons. The van der Waals surface area contributed by atoms with Gasteiger partial charge in [0.1, 0.15) is 0 Å². The fourth-order valence-corrected chi connectivity index (χ4v) is 1.54. The lowest BCUT2D eigenvalue weighted by atomic mass is 10.2. The molecule has 0 saturated heterocycles. The molecule has 0 aliphatic carbocycles. The number of benzene rings is 1. The van der Waals surface area contributed by atoms with Gasteiger partial charge in [-0.1, -0.05) is 0 Å². The number of hydrogen-bond donors (Lipinski definition) is 1. The van der Waals surface area contributed by atoms with Gasteiger partial charge in [-0.15, -0.1) is 0 Å². The fourth-order valence-electron chi connectivity index (χ4n) is 1.54. The fraction of sp³-hybridized carbons (Fsp3) is 0.500. The van der Waals surface area contributed by atoms with Crippen LogP contribution in [0.1, 0.15) is 13.8 Å². The number of methoxy groups -OCH3 is 1. The average molecular weight is 254 g/mol. The van der Waals surface area contributed by atoms with E-state index >= 15 is 0 Å². The highest BCUT2D eigenvalue weighted by atomic mass is 16.6. The number of ether oxygens (including phenoxy) is 2. The smallest absolute Gasteiger partial charge is 0.311 e. The van der Waals surface area contributed by atoms with Crippen molar-refractivity contribution in [3.8, 4) is 5.75 Å². The maximum Gasteiger partial charge on any atom is 0.311 e. The molecule has 0 aliphatic rings. The number of nitrogens with zero attached hydrogens (tertiary/aromatic N) is 1. The van der Waals surface area contributed by atoms with Crippen molar-refractivity contribution in [3.63, 3.8) is 0 Å². The van der Waals surface area contributed by atoms with Crippen LogP contribution in [-0.4, -0.2) is 31.3 Å². The maximum atomic E-state index is 10.7. The van der Waals surface area contributed by atoms with E-state index in [1.165, 1.54) is 13.2 Å². The minimum Gasteiger partial charge on any atom is -0.490 e. The quantitative estimate of drug-likeness (QED) is 0.597. The molecule has 0 saturated carbocycles. The Hall–Kier alpha value is -1.82. The first-order chi connectivity index (χ1) is 8.58. The van der Waals surface area contributed by atoms with Crippen molar-refractivity contribution in [2.24, 2.45) is 0 Å². The molecule has 1 aromatic rings. The molecule has 0 fully saturated rings. The minimum absolute atomic E-state index is 0.0412. The van der Waals surface area contributed by atoms with E-state index in [-0.39, 0.29) is 17.5 Å². The van der Waals surface area contributed by atoms with E-state index in [1.807, 2.05) is 13.8 Å². The molecule has 6 heteroatoms. The molecular weight excluding hydrogens is 236 g/mol. The SMILES string of the molecule is CCOCC(C)Nc1ccc([N+](=O)[O-])c(OC)c1. The van der Waals surface area contributed by atoms with Crippen molar-refractivity contribution in [2.45, 2.75) is 19.9 Å². The third-order valence-electron chi connectivity index (χ3n) is 2.36. The first-order valence-electron chi connectivity index (χ1n) is 5.75. The molecule has 0 bridgehead atoms. The molecule has 0 heterocycles. The van der Waals surface area contributed by atoms with E-state index in [0.29, 0.717) is 13.2 Å². The van der Waals surface area contributed by atoms with Gasteiger partial charge >= 0.3 is 5.69 Å². The summed E-state index contributed by atoms with van der Waals surface area (Å²) in [4.78, 5) is 10.3. The summed E-state index contributed by atoms with van der Waals surface area (Å²) in [5.74, 6) is 0.244. The predicted octanol–water partition coefficient (Wildman–Crippen LogP) is 2.44. The van der Waals surface area contributed by atoms with Crippen LogP contribution in [0.2, 0.25) is 0 Å². The zero-order valence-electron chi connectivity index (χ0n) is 10.8. The summed E-state index contributed by atoms with van der Waals surface area (Å²) >= 11 is 0. The molecule has 0 spiro atoms. The second kappa shape index (κ2) is 6.80. The topological polar surface area (TPSA) is 73.6 Å². The molecule has 0 amide bonds. The Morgan fingerprint density at radius 1 is 1.50 bits per heavy atom. The van der Waals surface area contributed by atoms with Gasteiger partial charge in [-0.3, -0.25) is 10.1 Å². The van der Waals surface area contributed by atoms with Gasteiger partial charge in [-0.05, 0) is 19.9 Å². The van der Waals surface area contributed by atoms with Crippen LogP contribution in [0.3, 0.4) is 0 Å². The van der Waals surface area contributed by atoms with Crippen LogP contribution in [-0.2, 0) is 4.74 Å². The monoisotopic (exact) mass is 254 g/mol. The average Bonchev–Trinajstić information content (AvgIpc) is 2.35. The van der Waals surface area contributed by atoms with Crippen molar-refractivity contribution in [3.05, 3.63) is 28.3 Å². The van der Waals surface area contributed by atoms with E-state index in [0.717, 1.165) is 5.69 Å². The Kier molecular flexibility index (Phi) is 5.38. The molecule has 1 rings (SSSR count). The van der Waals surface area contributed by atoms with Gasteiger partial charge in [0, 0.05) is 30.5 Å². The van der Waals surface area contributed by atoms with Crippen molar-refractivity contribution in [1.82, 2.24) is 0 Å². The summed E-state index contributed by atoms with van der Waals surface area (Å²) < 4.78 is 10.3. The maximum absolute atomic E-state index is 10.7. The molecule has 0 radical (unpaired) electrons. The molecule has 1 atom stereocenters. The molecule has 1 aromatic carbocycles. The number of hydrogen-bond acceptors (Lipinski definition) is 5. The van der Waals surface area contributed by atoms with Gasteiger partial charge in [0.2, 0.25) is 0 Å². The third kappa shape index (κ3) is 3.89. The van der Waals surface area contributed by atoms with Crippen molar-refractivity contribution in [1.29, 1.82) is 0 Å². The van der Waals surface area contributed by atoms with Crippen LogP contribution in [0.15, 0.2) is 18.2 Å². The van der Waals surface area contributed by atoms with Gasteiger partial charge in [0.25, 0.3) is 0 Å². The summed E-state index contributed by atoms with van der Waals surface area (Å²) in [5.41, 5.74) is 0.727. The standard InChI is InChI=1S/C12H18N2O4/c1-4-18-8-9(2)13-10-5-6-11(14(15)16)12(7-10)17-3/h5-7,9,13H,4,8H2,1-3H3. The Morgan fingerprint density at radius 3 is 2.78 bits per heavy atom. The first-order valence-corrected chi connectivity index (χ1v) is 5.75. The van der Waals surface area contributed by atoms with Crippen LogP contribution >= 0.6 is 0 Å². The number of nitrogens with one attached hydrogen (secondary N) is 1. The normalized spacial score (nSPS) is 11.9.